The van der Waals surface area contributed by atoms with Crippen molar-refractivity contribution >= 4 is 5.97 Å². The Hall–Kier alpha value is -0.780. The van der Waals surface area contributed by atoms with Crippen LogP contribution in [-0.2, 0) is 4.79 Å². The van der Waals surface area contributed by atoms with Crippen LogP contribution in [0.4, 0.5) is 13.2 Å². The van der Waals surface area contributed by atoms with Crippen LogP contribution in [0, 0.1) is 11.3 Å². The van der Waals surface area contributed by atoms with E-state index in [0.717, 1.165) is 25.7 Å². The van der Waals surface area contributed by atoms with Crippen LogP contribution in [-0.4, -0.2) is 41.3 Å². The Labute approximate surface area is 117 Å². The third-order valence-electron chi connectivity index (χ3n) is 4.64. The Balaban J connectivity index is 2.07. The lowest BCUT2D eigenvalue weighted by Crippen LogP contribution is -2.48. The maximum atomic E-state index is 12.6. The summed E-state index contributed by atoms with van der Waals surface area (Å²) in [5.41, 5.74) is -0.986. The molecule has 1 N–H and O–H groups in total. The second kappa shape index (κ2) is 5.54. The predicted octanol–water partition coefficient (Wildman–Crippen LogP) is 3.29. The lowest BCUT2D eigenvalue weighted by atomic mass is 9.70. The molecule has 0 unspecified atom stereocenters. The van der Waals surface area contributed by atoms with Gasteiger partial charge in [-0.15, -0.1) is 0 Å². The highest BCUT2D eigenvalue weighted by Crippen LogP contribution is 2.42. The minimum Gasteiger partial charge on any atom is -0.481 e. The lowest BCUT2D eigenvalue weighted by Gasteiger charge is -2.39. The summed E-state index contributed by atoms with van der Waals surface area (Å²) in [6, 6.07) is -0.0767. The van der Waals surface area contributed by atoms with Crippen molar-refractivity contribution in [1.82, 2.24) is 4.90 Å². The van der Waals surface area contributed by atoms with Gasteiger partial charge in [0.2, 0.25) is 0 Å². The molecule has 0 saturated heterocycles. The van der Waals surface area contributed by atoms with Crippen LogP contribution in [0.25, 0.3) is 0 Å². The number of halogens is 3. The Morgan fingerprint density at radius 3 is 2.20 bits per heavy atom. The number of hydrogen-bond donors (Lipinski definition) is 1. The molecule has 2 rings (SSSR count). The highest BCUT2D eigenvalue weighted by Gasteiger charge is 2.47. The first-order valence-electron chi connectivity index (χ1n) is 7.26. The molecule has 0 radical (unpaired) electrons. The monoisotopic (exact) mass is 293 g/mol. The Kier molecular flexibility index (Phi) is 4.33. The van der Waals surface area contributed by atoms with Crippen LogP contribution in [0.3, 0.4) is 0 Å². The Morgan fingerprint density at radius 1 is 1.25 bits per heavy atom. The van der Waals surface area contributed by atoms with Gasteiger partial charge in [-0.2, -0.15) is 13.2 Å². The van der Waals surface area contributed by atoms with Crippen molar-refractivity contribution < 1.29 is 23.1 Å². The number of nitrogens with zero attached hydrogens (tertiary/aromatic N) is 1. The molecule has 0 aromatic heterocycles. The topological polar surface area (TPSA) is 40.5 Å². The lowest BCUT2D eigenvalue weighted by molar-refractivity contribution is -0.164. The molecule has 6 heteroatoms. The molecule has 0 atom stereocenters. The van der Waals surface area contributed by atoms with Crippen LogP contribution >= 0.6 is 0 Å². The molecule has 0 aromatic rings. The number of hydrogen-bond acceptors (Lipinski definition) is 2. The average Bonchev–Trinajstić information content (AvgIpc) is 3.13. The zero-order valence-electron chi connectivity index (χ0n) is 11.7. The zero-order valence-corrected chi connectivity index (χ0v) is 11.7. The molecule has 2 saturated carbocycles. The van der Waals surface area contributed by atoms with Gasteiger partial charge in [-0.05, 0) is 44.4 Å². The van der Waals surface area contributed by atoms with Gasteiger partial charge in [0.05, 0.1) is 12.0 Å². The van der Waals surface area contributed by atoms with Gasteiger partial charge in [-0.25, -0.2) is 0 Å². The average molecular weight is 293 g/mol. The zero-order chi connectivity index (χ0) is 15.0. The summed E-state index contributed by atoms with van der Waals surface area (Å²) in [7, 11) is 0. The van der Waals surface area contributed by atoms with Gasteiger partial charge < -0.3 is 5.11 Å². The number of rotatable bonds is 5. The van der Waals surface area contributed by atoms with Crippen molar-refractivity contribution in [2.24, 2.45) is 11.3 Å². The largest absolute Gasteiger partial charge is 0.481 e. The highest BCUT2D eigenvalue weighted by atomic mass is 19.4. The fourth-order valence-electron chi connectivity index (χ4n) is 3.13. The molecule has 2 fully saturated rings. The molecule has 0 spiro atoms. The van der Waals surface area contributed by atoms with E-state index in [2.05, 4.69) is 6.92 Å². The van der Waals surface area contributed by atoms with E-state index in [9.17, 15) is 23.1 Å². The predicted molar refractivity (Wildman–Crippen MR) is 68.4 cm³/mol. The van der Waals surface area contributed by atoms with Crippen LogP contribution in [0.1, 0.15) is 45.4 Å². The van der Waals surface area contributed by atoms with E-state index >= 15 is 0 Å². The van der Waals surface area contributed by atoms with Gasteiger partial charge in [0, 0.05) is 12.6 Å². The van der Waals surface area contributed by atoms with Crippen molar-refractivity contribution in [2.75, 3.05) is 13.1 Å². The minimum atomic E-state index is -4.26. The number of carboxylic acids is 1. The molecule has 0 aromatic carbocycles. The minimum absolute atomic E-state index is 0.0409. The normalized spacial score (nSPS) is 31.6. The summed E-state index contributed by atoms with van der Waals surface area (Å²) in [6.45, 7) is 1.13. The molecule has 20 heavy (non-hydrogen) atoms. The van der Waals surface area contributed by atoms with Gasteiger partial charge in [0.1, 0.15) is 0 Å². The van der Waals surface area contributed by atoms with Crippen molar-refractivity contribution in [3.8, 4) is 0 Å². The molecule has 2 aliphatic carbocycles. The second-order valence-electron chi connectivity index (χ2n) is 6.52. The molecule has 0 amide bonds. The molecule has 0 aliphatic heterocycles. The summed E-state index contributed by atoms with van der Waals surface area (Å²) < 4.78 is 37.9. The first-order valence-corrected chi connectivity index (χ1v) is 7.26. The summed E-state index contributed by atoms with van der Waals surface area (Å²) in [4.78, 5) is 13.0. The summed E-state index contributed by atoms with van der Waals surface area (Å²) >= 11 is 0. The SMILES string of the molecule is CC1CCC(CN(CC(F)(F)F)C2CC2)(C(=O)O)CC1. The summed E-state index contributed by atoms with van der Waals surface area (Å²) in [5.74, 6) is -0.461. The maximum Gasteiger partial charge on any atom is 0.401 e. The van der Waals surface area contributed by atoms with Crippen molar-refractivity contribution in [2.45, 2.75) is 57.7 Å². The fourth-order valence-corrected chi connectivity index (χ4v) is 3.13. The first-order chi connectivity index (χ1) is 9.22. The standard InChI is InChI=1S/C14H22F3NO2/c1-10-4-6-13(7-5-10,12(19)20)8-18(11-2-3-11)9-14(15,16)17/h10-11H,2-9H2,1H3,(H,19,20). The third kappa shape index (κ3) is 3.87. The van der Waals surface area contributed by atoms with E-state index in [4.69, 9.17) is 0 Å². The van der Waals surface area contributed by atoms with E-state index in [0.29, 0.717) is 18.8 Å². The van der Waals surface area contributed by atoms with Gasteiger partial charge in [0.25, 0.3) is 0 Å². The van der Waals surface area contributed by atoms with E-state index in [1.54, 1.807) is 0 Å². The molecule has 3 nitrogen and oxygen atoms in total. The van der Waals surface area contributed by atoms with E-state index in [1.165, 1.54) is 4.90 Å². The third-order valence-corrected chi connectivity index (χ3v) is 4.64. The van der Waals surface area contributed by atoms with E-state index < -0.39 is 24.1 Å². The van der Waals surface area contributed by atoms with E-state index in [1.807, 2.05) is 0 Å². The fraction of sp³-hybridized carbons (Fsp3) is 0.929. The Morgan fingerprint density at radius 2 is 1.80 bits per heavy atom. The number of carbonyl (C=O) groups is 1. The van der Waals surface area contributed by atoms with Crippen LogP contribution < -0.4 is 0 Å². The maximum absolute atomic E-state index is 12.6. The Bertz CT molecular complexity index is 358. The van der Waals surface area contributed by atoms with Gasteiger partial charge >= 0.3 is 12.1 Å². The van der Waals surface area contributed by atoms with Gasteiger partial charge in [-0.1, -0.05) is 6.92 Å². The van der Waals surface area contributed by atoms with Crippen LogP contribution in [0.5, 0.6) is 0 Å². The number of alkyl halides is 3. The molecule has 116 valence electrons. The van der Waals surface area contributed by atoms with Gasteiger partial charge in [0.15, 0.2) is 0 Å². The van der Waals surface area contributed by atoms with Crippen molar-refractivity contribution in [3.05, 3.63) is 0 Å². The van der Waals surface area contributed by atoms with Crippen molar-refractivity contribution in [1.29, 1.82) is 0 Å². The highest BCUT2D eigenvalue weighted by molar-refractivity contribution is 5.75. The molecule has 2 aliphatic rings. The quantitative estimate of drug-likeness (QED) is 0.845. The number of carboxylic acid groups (broad SMARTS) is 1. The van der Waals surface area contributed by atoms with Crippen molar-refractivity contribution in [3.63, 3.8) is 0 Å². The first kappa shape index (κ1) is 15.6. The summed E-state index contributed by atoms with van der Waals surface area (Å²) in [6.07, 6.45) is -0.197. The molecule has 0 heterocycles. The van der Waals surface area contributed by atoms with Crippen LogP contribution in [0.15, 0.2) is 0 Å². The van der Waals surface area contributed by atoms with Gasteiger partial charge in [-0.3, -0.25) is 9.69 Å². The second-order valence-corrected chi connectivity index (χ2v) is 6.52. The molecular weight excluding hydrogens is 271 g/mol. The van der Waals surface area contributed by atoms with E-state index in [-0.39, 0.29) is 12.6 Å². The summed E-state index contributed by atoms with van der Waals surface area (Å²) in [5, 5.41) is 9.52. The number of aliphatic carboxylic acids is 1. The smallest absolute Gasteiger partial charge is 0.401 e. The molecule has 0 bridgehead atoms. The van der Waals surface area contributed by atoms with Crippen LogP contribution in [0.2, 0.25) is 0 Å². The molecular formula is C14H22F3NO2.